The molecule has 0 spiro atoms. The Labute approximate surface area is 186 Å². The molecule has 6 nitrogen and oxygen atoms in total. The molecule has 0 unspecified atom stereocenters. The summed E-state index contributed by atoms with van der Waals surface area (Å²) in [5.41, 5.74) is 2.29. The summed E-state index contributed by atoms with van der Waals surface area (Å²) in [5.74, 6) is 1.56. The average Bonchev–Trinajstić information content (AvgIpc) is 3.24. The maximum absolute atomic E-state index is 5.71. The van der Waals surface area contributed by atoms with Crippen LogP contribution < -0.4 is 9.64 Å². The number of halogens is 1. The predicted octanol–water partition coefficient (Wildman–Crippen LogP) is 4.65. The third-order valence-corrected chi connectivity index (χ3v) is 5.70. The Morgan fingerprint density at radius 1 is 1.00 bits per heavy atom. The molecule has 0 amide bonds. The van der Waals surface area contributed by atoms with E-state index in [-0.39, 0.29) is 6.10 Å². The fourth-order valence-electron chi connectivity index (χ4n) is 3.52. The minimum atomic E-state index is 0.206. The maximum Gasteiger partial charge on any atom is 0.324 e. The standard InChI is InChI=1S/C23H27BrN4O2/c1-17(2)29-21-9-3-18(4-10-21)11-12-27-13-15-28(16-14-27)23-25-22(26-30-23)19-5-7-20(24)8-6-19/h3-10,17H,11-16H2,1-2H3. The largest absolute Gasteiger partial charge is 0.491 e. The monoisotopic (exact) mass is 470 g/mol. The van der Waals surface area contributed by atoms with Crippen LogP contribution in [0.25, 0.3) is 11.4 Å². The van der Waals surface area contributed by atoms with Crippen LogP contribution in [-0.2, 0) is 6.42 Å². The summed E-state index contributed by atoms with van der Waals surface area (Å²) >= 11 is 3.45. The van der Waals surface area contributed by atoms with E-state index < -0.39 is 0 Å². The van der Waals surface area contributed by atoms with E-state index in [1.54, 1.807) is 0 Å². The molecule has 0 aliphatic carbocycles. The van der Waals surface area contributed by atoms with Crippen molar-refractivity contribution in [3.8, 4) is 17.1 Å². The zero-order valence-corrected chi connectivity index (χ0v) is 19.0. The molecule has 1 fully saturated rings. The third-order valence-electron chi connectivity index (χ3n) is 5.17. The van der Waals surface area contributed by atoms with Gasteiger partial charge in [0.25, 0.3) is 0 Å². The molecular weight excluding hydrogens is 444 g/mol. The van der Waals surface area contributed by atoms with Crippen molar-refractivity contribution >= 4 is 21.9 Å². The Morgan fingerprint density at radius 3 is 2.37 bits per heavy atom. The number of benzene rings is 2. The van der Waals surface area contributed by atoms with Crippen LogP contribution in [0.1, 0.15) is 19.4 Å². The van der Waals surface area contributed by atoms with Gasteiger partial charge in [-0.1, -0.05) is 33.2 Å². The van der Waals surface area contributed by atoms with Gasteiger partial charge >= 0.3 is 6.01 Å². The molecule has 2 aromatic carbocycles. The van der Waals surface area contributed by atoms with E-state index in [0.29, 0.717) is 11.8 Å². The predicted molar refractivity (Wildman–Crippen MR) is 122 cm³/mol. The van der Waals surface area contributed by atoms with Crippen molar-refractivity contribution in [3.63, 3.8) is 0 Å². The molecule has 1 aliphatic rings. The zero-order chi connectivity index (χ0) is 20.9. The Kier molecular flexibility index (Phi) is 6.69. The first kappa shape index (κ1) is 20.9. The number of ether oxygens (including phenoxy) is 1. The van der Waals surface area contributed by atoms with Crippen molar-refractivity contribution in [3.05, 3.63) is 58.6 Å². The zero-order valence-electron chi connectivity index (χ0n) is 17.4. The lowest BCUT2D eigenvalue weighted by molar-refractivity contribution is 0.242. The highest BCUT2D eigenvalue weighted by molar-refractivity contribution is 9.10. The van der Waals surface area contributed by atoms with E-state index in [1.165, 1.54) is 5.56 Å². The van der Waals surface area contributed by atoms with Gasteiger partial charge in [-0.2, -0.15) is 4.98 Å². The second kappa shape index (κ2) is 9.62. The number of hydrogen-bond acceptors (Lipinski definition) is 6. The Balaban J connectivity index is 1.25. The average molecular weight is 471 g/mol. The van der Waals surface area contributed by atoms with Gasteiger partial charge in [-0.05, 0) is 62.2 Å². The van der Waals surface area contributed by atoms with Crippen molar-refractivity contribution < 1.29 is 9.26 Å². The van der Waals surface area contributed by atoms with Gasteiger partial charge in [0.2, 0.25) is 5.82 Å². The minimum absolute atomic E-state index is 0.206. The number of hydrogen-bond donors (Lipinski definition) is 0. The van der Waals surface area contributed by atoms with Crippen molar-refractivity contribution in [1.29, 1.82) is 0 Å². The van der Waals surface area contributed by atoms with Crippen LogP contribution >= 0.6 is 15.9 Å². The van der Waals surface area contributed by atoms with E-state index in [9.17, 15) is 0 Å². The molecule has 30 heavy (non-hydrogen) atoms. The number of anilines is 1. The van der Waals surface area contributed by atoms with Gasteiger partial charge in [-0.3, -0.25) is 4.90 Å². The van der Waals surface area contributed by atoms with Crippen LogP contribution in [0.5, 0.6) is 5.75 Å². The van der Waals surface area contributed by atoms with Crippen LogP contribution in [0.3, 0.4) is 0 Å². The highest BCUT2D eigenvalue weighted by Crippen LogP contribution is 2.22. The molecule has 2 heterocycles. The molecule has 0 bridgehead atoms. The van der Waals surface area contributed by atoms with Crippen molar-refractivity contribution in [2.24, 2.45) is 0 Å². The molecule has 1 aliphatic heterocycles. The molecule has 1 saturated heterocycles. The van der Waals surface area contributed by atoms with Crippen molar-refractivity contribution in [2.75, 3.05) is 37.6 Å². The van der Waals surface area contributed by atoms with Gasteiger partial charge in [0, 0.05) is 42.8 Å². The van der Waals surface area contributed by atoms with Gasteiger partial charge in [0.15, 0.2) is 0 Å². The van der Waals surface area contributed by atoms with E-state index in [4.69, 9.17) is 9.26 Å². The first-order chi connectivity index (χ1) is 14.6. The van der Waals surface area contributed by atoms with E-state index in [0.717, 1.165) is 54.9 Å². The van der Waals surface area contributed by atoms with Crippen molar-refractivity contribution in [2.45, 2.75) is 26.4 Å². The molecule has 158 valence electrons. The fourth-order valence-corrected chi connectivity index (χ4v) is 3.78. The summed E-state index contributed by atoms with van der Waals surface area (Å²) in [4.78, 5) is 9.24. The third kappa shape index (κ3) is 5.40. The molecule has 3 aromatic rings. The van der Waals surface area contributed by atoms with Crippen LogP contribution in [0, 0.1) is 0 Å². The molecule has 0 N–H and O–H groups in total. The van der Waals surface area contributed by atoms with Gasteiger partial charge in [-0.15, -0.1) is 0 Å². The Hall–Kier alpha value is -2.38. The Bertz CT molecular complexity index is 933. The summed E-state index contributed by atoms with van der Waals surface area (Å²) in [6, 6.07) is 17.0. The van der Waals surface area contributed by atoms with Crippen LogP contribution in [0.4, 0.5) is 6.01 Å². The second-order valence-electron chi connectivity index (χ2n) is 7.80. The summed E-state index contributed by atoms with van der Waals surface area (Å²) < 4.78 is 12.3. The van der Waals surface area contributed by atoms with Crippen LogP contribution in [0.2, 0.25) is 0 Å². The molecule has 4 rings (SSSR count). The van der Waals surface area contributed by atoms with Crippen LogP contribution in [0.15, 0.2) is 57.5 Å². The molecule has 0 saturated carbocycles. The lowest BCUT2D eigenvalue weighted by atomic mass is 10.1. The minimum Gasteiger partial charge on any atom is -0.491 e. The number of piperazine rings is 1. The summed E-state index contributed by atoms with van der Waals surface area (Å²) in [6.07, 6.45) is 1.24. The van der Waals surface area contributed by atoms with E-state index in [1.807, 2.05) is 38.1 Å². The first-order valence-corrected chi connectivity index (χ1v) is 11.2. The quantitative estimate of drug-likeness (QED) is 0.500. The molecule has 1 aromatic heterocycles. The molecule has 7 heteroatoms. The summed E-state index contributed by atoms with van der Waals surface area (Å²) in [7, 11) is 0. The second-order valence-corrected chi connectivity index (χ2v) is 8.71. The highest BCUT2D eigenvalue weighted by Gasteiger charge is 2.21. The number of aromatic nitrogens is 2. The molecular formula is C23H27BrN4O2. The smallest absolute Gasteiger partial charge is 0.324 e. The summed E-state index contributed by atoms with van der Waals surface area (Å²) in [6.45, 7) is 8.90. The highest BCUT2D eigenvalue weighted by atomic mass is 79.9. The van der Waals surface area contributed by atoms with Gasteiger partial charge in [0.05, 0.1) is 6.10 Å². The first-order valence-electron chi connectivity index (χ1n) is 10.4. The van der Waals surface area contributed by atoms with Crippen molar-refractivity contribution in [1.82, 2.24) is 15.0 Å². The Morgan fingerprint density at radius 2 is 1.70 bits per heavy atom. The lowest BCUT2D eigenvalue weighted by Gasteiger charge is -2.33. The molecule has 0 radical (unpaired) electrons. The fraction of sp³-hybridized carbons (Fsp3) is 0.391. The lowest BCUT2D eigenvalue weighted by Crippen LogP contribution is -2.47. The van der Waals surface area contributed by atoms with E-state index in [2.05, 4.69) is 60.1 Å². The van der Waals surface area contributed by atoms with Gasteiger partial charge in [-0.25, -0.2) is 0 Å². The topological polar surface area (TPSA) is 54.6 Å². The maximum atomic E-state index is 5.71. The van der Waals surface area contributed by atoms with Gasteiger partial charge < -0.3 is 14.2 Å². The van der Waals surface area contributed by atoms with E-state index >= 15 is 0 Å². The van der Waals surface area contributed by atoms with Crippen LogP contribution in [-0.4, -0.2) is 53.9 Å². The summed E-state index contributed by atoms with van der Waals surface area (Å²) in [5, 5.41) is 4.14. The molecule has 0 atom stereocenters. The van der Waals surface area contributed by atoms with Gasteiger partial charge in [0.1, 0.15) is 5.75 Å². The normalized spacial score (nSPS) is 15.0. The number of nitrogens with zero attached hydrogens (tertiary/aromatic N) is 4. The number of rotatable bonds is 7. The SMILES string of the molecule is CC(C)Oc1ccc(CCN2CCN(c3nc(-c4ccc(Br)cc4)no3)CC2)cc1.